The van der Waals surface area contributed by atoms with Crippen LogP contribution in [0.15, 0.2) is 83.8 Å². The van der Waals surface area contributed by atoms with E-state index in [4.69, 9.17) is 28.4 Å². The Balaban J connectivity index is 0.000000296. The van der Waals surface area contributed by atoms with E-state index >= 15 is 0 Å². The summed E-state index contributed by atoms with van der Waals surface area (Å²) in [6, 6.07) is 22.5. The average Bonchev–Trinajstić information content (AvgIpc) is 3.45. The Labute approximate surface area is 348 Å². The summed E-state index contributed by atoms with van der Waals surface area (Å²) in [5, 5.41) is 0. The van der Waals surface area contributed by atoms with Gasteiger partial charge in [0.2, 0.25) is 0 Å². The smallest absolute Gasteiger partial charge is 0.339 e. The molecule has 0 amide bonds. The predicted octanol–water partition coefficient (Wildman–Crippen LogP) is 11.1. The van der Waals surface area contributed by atoms with Crippen molar-refractivity contribution in [2.24, 2.45) is 5.92 Å². The Bertz CT molecular complexity index is 1660. The molecular weight excluding hydrogens is 844 g/mol. The molecule has 0 spiro atoms. The van der Waals surface area contributed by atoms with E-state index in [1.165, 1.54) is 7.11 Å². The molecule has 0 aromatic heterocycles. The number of aryl methyl sites for hydroxylation is 1. The maximum atomic E-state index is 12.9. The van der Waals surface area contributed by atoms with E-state index in [-0.39, 0.29) is 23.9 Å². The molecule has 0 saturated carbocycles. The number of carbonyl (C=O) groups is 2. The number of esters is 2. The van der Waals surface area contributed by atoms with Crippen LogP contribution >= 0.6 is 34.4 Å². The monoisotopic (exact) mass is 904 g/mol. The van der Waals surface area contributed by atoms with Crippen molar-refractivity contribution in [1.82, 2.24) is 0 Å². The molecule has 0 radical (unpaired) electrons. The Morgan fingerprint density at radius 3 is 2.27 bits per heavy atom. The molecule has 4 rings (SSSR count). The summed E-state index contributed by atoms with van der Waals surface area (Å²) in [5.74, 6) is 0.478. The van der Waals surface area contributed by atoms with Crippen LogP contribution in [-0.2, 0) is 36.0 Å². The van der Waals surface area contributed by atoms with Crippen LogP contribution < -0.4 is 4.74 Å². The molecule has 8 nitrogen and oxygen atoms in total. The maximum absolute atomic E-state index is 12.9. The van der Waals surface area contributed by atoms with Crippen molar-refractivity contribution in [3.05, 3.63) is 107 Å². The fraction of sp³-hybridized carbons (Fsp3) is 0.500. The van der Waals surface area contributed by atoms with Gasteiger partial charge in [0.1, 0.15) is 18.0 Å². The highest BCUT2D eigenvalue weighted by atomic mass is 127. The van der Waals surface area contributed by atoms with E-state index in [9.17, 15) is 9.59 Å². The third kappa shape index (κ3) is 16.4. The number of hydrogen-bond donors (Lipinski definition) is 0. The summed E-state index contributed by atoms with van der Waals surface area (Å²) in [7, 11) is 1.67. The van der Waals surface area contributed by atoms with Crippen LogP contribution in [0.5, 0.6) is 5.75 Å². The number of carbonyl (C=O) groups excluding carboxylic acids is 2. The lowest BCUT2D eigenvalue weighted by atomic mass is 9.99. The summed E-state index contributed by atoms with van der Waals surface area (Å²) in [5.41, 5.74) is 3.39. The van der Waals surface area contributed by atoms with Gasteiger partial charge in [0, 0.05) is 23.1 Å². The second kappa shape index (κ2) is 22.9. The molecule has 3 aromatic rings. The fourth-order valence-electron chi connectivity index (χ4n) is 5.82. The molecular formula is C44H61IO8SSi. The number of rotatable bonds is 18. The zero-order valence-electron chi connectivity index (χ0n) is 34.3. The molecule has 1 aliphatic heterocycles. The molecule has 3 aromatic carbocycles. The lowest BCUT2D eigenvalue weighted by molar-refractivity contribution is -0.156. The highest BCUT2D eigenvalue weighted by Crippen LogP contribution is 2.34. The first kappa shape index (κ1) is 46.7. The summed E-state index contributed by atoms with van der Waals surface area (Å²) in [4.78, 5) is 26.3. The molecule has 11 heteroatoms. The molecule has 0 aliphatic carbocycles. The van der Waals surface area contributed by atoms with Crippen molar-refractivity contribution in [2.45, 2.75) is 114 Å². The predicted molar refractivity (Wildman–Crippen MR) is 234 cm³/mol. The van der Waals surface area contributed by atoms with Gasteiger partial charge >= 0.3 is 11.9 Å². The first-order valence-electron chi connectivity index (χ1n) is 19.0. The minimum Gasteiger partial charge on any atom is -0.497 e. The van der Waals surface area contributed by atoms with Crippen molar-refractivity contribution in [1.29, 1.82) is 0 Å². The normalized spacial score (nSPS) is 17.1. The van der Waals surface area contributed by atoms with E-state index in [0.29, 0.717) is 30.4 Å². The van der Waals surface area contributed by atoms with E-state index in [1.807, 2.05) is 81.4 Å². The van der Waals surface area contributed by atoms with Gasteiger partial charge < -0.3 is 28.4 Å². The Hall–Kier alpha value is -2.68. The summed E-state index contributed by atoms with van der Waals surface area (Å²) in [6.07, 6.45) is 6.14. The molecule has 302 valence electrons. The molecule has 1 fully saturated rings. The van der Waals surface area contributed by atoms with Crippen molar-refractivity contribution >= 4 is 54.4 Å². The van der Waals surface area contributed by atoms with Crippen LogP contribution in [-0.4, -0.2) is 69.4 Å². The molecule has 1 unspecified atom stereocenters. The first-order valence-corrected chi connectivity index (χ1v) is 25.2. The lowest BCUT2D eigenvalue weighted by Gasteiger charge is -2.25. The van der Waals surface area contributed by atoms with E-state index in [0.717, 1.165) is 50.6 Å². The van der Waals surface area contributed by atoms with Gasteiger partial charge in [0.25, 0.3) is 0 Å². The molecule has 1 aliphatic rings. The van der Waals surface area contributed by atoms with Crippen LogP contribution in [0.1, 0.15) is 77.9 Å². The topological polar surface area (TPSA) is 89.5 Å². The summed E-state index contributed by atoms with van der Waals surface area (Å²) >= 11 is 4.01. The molecule has 1 heterocycles. The Morgan fingerprint density at radius 2 is 1.67 bits per heavy atom. The fourth-order valence-corrected chi connectivity index (χ4v) is 8.05. The summed E-state index contributed by atoms with van der Waals surface area (Å²) in [6.45, 7) is 17.9. The first-order chi connectivity index (χ1) is 26.1. The molecule has 1 saturated heterocycles. The van der Waals surface area contributed by atoms with Gasteiger partial charge in [-0.25, -0.2) is 9.59 Å². The van der Waals surface area contributed by atoms with E-state index < -0.39 is 25.8 Å². The quantitative estimate of drug-likeness (QED) is 0.0309. The highest BCUT2D eigenvalue weighted by Gasteiger charge is 2.44. The number of hydrogen-bond acceptors (Lipinski definition) is 9. The van der Waals surface area contributed by atoms with Gasteiger partial charge in [0.15, 0.2) is 5.79 Å². The van der Waals surface area contributed by atoms with Gasteiger partial charge in [0.05, 0.1) is 44.7 Å². The van der Waals surface area contributed by atoms with Crippen LogP contribution in [0.4, 0.5) is 0 Å². The van der Waals surface area contributed by atoms with Gasteiger partial charge in [-0.05, 0) is 92.6 Å². The van der Waals surface area contributed by atoms with Crippen LogP contribution in [0.2, 0.25) is 25.7 Å². The van der Waals surface area contributed by atoms with Crippen LogP contribution in [0.3, 0.4) is 0 Å². The molecule has 0 bridgehead atoms. The lowest BCUT2D eigenvalue weighted by Crippen LogP contribution is -2.36. The number of ether oxygens (including phenoxy) is 6. The number of allylic oxidation sites excluding steroid dienone is 1. The number of methoxy groups -OCH3 is 2. The van der Waals surface area contributed by atoms with Crippen molar-refractivity contribution in [3.8, 4) is 5.75 Å². The SMILES string of the molecule is COC(=O)c1cc(C)cc(CSc2ccccc2)c1C(=O)OCC[Si](C)(C)C.COc1ccc(COC(/C=C\CC(C)C)[C@H]2OC(C)(C)O[C@H]2CCI)cc1. The van der Waals surface area contributed by atoms with Gasteiger partial charge in [-0.15, -0.1) is 11.8 Å². The molecule has 3 atom stereocenters. The average molecular weight is 905 g/mol. The Kier molecular flexibility index (Phi) is 19.4. The van der Waals surface area contributed by atoms with Crippen LogP contribution in [0.25, 0.3) is 0 Å². The zero-order valence-corrected chi connectivity index (χ0v) is 38.3. The van der Waals surface area contributed by atoms with Gasteiger partial charge in [-0.3, -0.25) is 0 Å². The summed E-state index contributed by atoms with van der Waals surface area (Å²) < 4.78 is 35.4. The maximum Gasteiger partial charge on any atom is 0.339 e. The number of halogens is 1. The minimum atomic E-state index is -1.32. The van der Waals surface area contributed by atoms with Crippen LogP contribution in [0, 0.1) is 12.8 Å². The van der Waals surface area contributed by atoms with Crippen molar-refractivity contribution in [2.75, 3.05) is 25.3 Å². The number of alkyl halides is 1. The molecule has 0 N–H and O–H groups in total. The minimum absolute atomic E-state index is 0.0430. The Morgan fingerprint density at radius 1 is 0.982 bits per heavy atom. The largest absolute Gasteiger partial charge is 0.497 e. The third-order valence-corrected chi connectivity index (χ3v) is 12.1. The van der Waals surface area contributed by atoms with Crippen molar-refractivity contribution in [3.63, 3.8) is 0 Å². The number of thioether (sulfide) groups is 1. The zero-order chi connectivity index (χ0) is 40.6. The highest BCUT2D eigenvalue weighted by molar-refractivity contribution is 14.1. The molecule has 55 heavy (non-hydrogen) atoms. The second-order valence-electron chi connectivity index (χ2n) is 15.7. The van der Waals surface area contributed by atoms with Gasteiger partial charge in [-0.2, -0.15) is 0 Å². The standard InChI is InChI=1S/C22H33IO4.C22H28O4SSi/c1-16(2)7-6-8-19(21-20(13-14-23)26-22(3,4)27-21)25-15-17-9-11-18(24-5)12-10-17;1-16-13-17(15-27-18-9-7-6-8-10-18)20(19(14-16)21(23)25-2)22(24)26-11-12-28(3,4)5/h6,8-12,16,19-21H,7,13-15H2,1-5H3;6-10,13-14H,11-12,15H2,1-5H3/b8-6-;/t19?,20-,21+;/m0./s1. The van der Waals surface area contributed by atoms with Crippen molar-refractivity contribution < 1.29 is 38.0 Å². The third-order valence-electron chi connectivity index (χ3n) is 8.67. The van der Waals surface area contributed by atoms with E-state index in [1.54, 1.807) is 24.9 Å². The number of benzene rings is 3. The van der Waals surface area contributed by atoms with Gasteiger partial charge in [-0.1, -0.05) is 105 Å². The second-order valence-corrected chi connectivity index (χ2v) is 23.4. The van der Waals surface area contributed by atoms with E-state index in [2.05, 4.69) is 68.2 Å².